The largest absolute Gasteiger partial charge is 0.388 e. The van der Waals surface area contributed by atoms with Crippen LogP contribution in [0.1, 0.15) is 23.5 Å². The Morgan fingerprint density at radius 2 is 2.27 bits per heavy atom. The van der Waals surface area contributed by atoms with Gasteiger partial charge in [-0.1, -0.05) is 0 Å². The van der Waals surface area contributed by atoms with E-state index in [2.05, 4.69) is 5.32 Å². The van der Waals surface area contributed by atoms with E-state index in [0.717, 1.165) is 10.4 Å². The lowest BCUT2D eigenvalue weighted by molar-refractivity contribution is -0.119. The van der Waals surface area contributed by atoms with Crippen molar-refractivity contribution in [1.29, 1.82) is 0 Å². The zero-order valence-corrected chi connectivity index (χ0v) is 9.54. The Morgan fingerprint density at radius 1 is 1.60 bits per heavy atom. The first-order valence-electron chi connectivity index (χ1n) is 4.67. The van der Waals surface area contributed by atoms with E-state index in [9.17, 15) is 15.0 Å². The fourth-order valence-electron chi connectivity index (χ4n) is 1.27. The summed E-state index contributed by atoms with van der Waals surface area (Å²) in [6, 6.07) is 1.78. The molecular formula is C10H15NO3S. The van der Waals surface area contributed by atoms with Gasteiger partial charge in [0.2, 0.25) is 5.91 Å². The molecule has 0 saturated heterocycles. The number of carbonyl (C=O) groups is 1. The molecule has 0 saturated carbocycles. The summed E-state index contributed by atoms with van der Waals surface area (Å²) in [5, 5.41) is 23.7. The van der Waals surface area contributed by atoms with E-state index < -0.39 is 12.2 Å². The van der Waals surface area contributed by atoms with Crippen molar-refractivity contribution in [2.45, 2.75) is 26.1 Å². The van der Waals surface area contributed by atoms with Crippen LogP contribution in [0, 0.1) is 6.92 Å². The maximum Gasteiger partial charge on any atom is 0.216 e. The number of aliphatic hydroxyl groups is 2. The smallest absolute Gasteiger partial charge is 0.216 e. The number of thiophene rings is 1. The number of aryl methyl sites for hydroxylation is 1. The standard InChI is InChI=1S/C10H15NO3S/c1-6-8(3-4-15-6)10(14)9(13)5-11-7(2)12/h3-4,9-10,13-14H,5H2,1-2H3,(H,11,12). The summed E-state index contributed by atoms with van der Waals surface area (Å²) in [5.41, 5.74) is 0.720. The molecule has 2 unspecified atom stereocenters. The van der Waals surface area contributed by atoms with E-state index in [1.807, 2.05) is 12.3 Å². The lowest BCUT2D eigenvalue weighted by Crippen LogP contribution is -2.34. The van der Waals surface area contributed by atoms with E-state index in [4.69, 9.17) is 0 Å². The Bertz CT molecular complexity index is 337. The van der Waals surface area contributed by atoms with Gasteiger partial charge in [0.1, 0.15) is 12.2 Å². The number of carbonyl (C=O) groups excluding carboxylic acids is 1. The number of rotatable bonds is 4. The zero-order chi connectivity index (χ0) is 11.4. The van der Waals surface area contributed by atoms with Crippen LogP contribution < -0.4 is 5.32 Å². The van der Waals surface area contributed by atoms with Crippen molar-refractivity contribution < 1.29 is 15.0 Å². The molecule has 4 nitrogen and oxygen atoms in total. The molecule has 0 aromatic carbocycles. The SMILES string of the molecule is CC(=O)NCC(O)C(O)c1ccsc1C. The Morgan fingerprint density at radius 3 is 2.73 bits per heavy atom. The van der Waals surface area contributed by atoms with Crippen LogP contribution in [0.5, 0.6) is 0 Å². The molecule has 1 aromatic heterocycles. The van der Waals surface area contributed by atoms with Crippen LogP contribution in [-0.2, 0) is 4.79 Å². The van der Waals surface area contributed by atoms with Crippen molar-refractivity contribution in [2.75, 3.05) is 6.54 Å². The highest BCUT2D eigenvalue weighted by Crippen LogP contribution is 2.24. The van der Waals surface area contributed by atoms with E-state index in [1.54, 1.807) is 6.07 Å². The van der Waals surface area contributed by atoms with Gasteiger partial charge in [0.25, 0.3) is 0 Å². The molecule has 0 spiro atoms. The summed E-state index contributed by atoms with van der Waals surface area (Å²) in [7, 11) is 0. The zero-order valence-electron chi connectivity index (χ0n) is 8.73. The van der Waals surface area contributed by atoms with Crippen LogP contribution in [0.15, 0.2) is 11.4 Å². The molecule has 1 aromatic rings. The molecule has 5 heteroatoms. The maximum absolute atomic E-state index is 10.6. The second-order valence-electron chi connectivity index (χ2n) is 3.38. The third-order valence-corrected chi connectivity index (χ3v) is 3.00. The van der Waals surface area contributed by atoms with Gasteiger partial charge in [0, 0.05) is 18.3 Å². The highest BCUT2D eigenvalue weighted by atomic mass is 32.1. The van der Waals surface area contributed by atoms with Gasteiger partial charge in [-0.2, -0.15) is 0 Å². The highest BCUT2D eigenvalue weighted by molar-refractivity contribution is 7.10. The average molecular weight is 229 g/mol. The molecular weight excluding hydrogens is 214 g/mol. The second kappa shape index (κ2) is 5.25. The van der Waals surface area contributed by atoms with Gasteiger partial charge >= 0.3 is 0 Å². The van der Waals surface area contributed by atoms with Crippen LogP contribution in [-0.4, -0.2) is 28.8 Å². The Balaban J connectivity index is 2.57. The summed E-state index contributed by atoms with van der Waals surface area (Å²) in [4.78, 5) is 11.6. The fraction of sp³-hybridized carbons (Fsp3) is 0.500. The van der Waals surface area contributed by atoms with Gasteiger partial charge in [-0.25, -0.2) is 0 Å². The molecule has 2 atom stereocenters. The molecule has 0 bridgehead atoms. The second-order valence-corrected chi connectivity index (χ2v) is 4.50. The first-order valence-corrected chi connectivity index (χ1v) is 5.55. The monoisotopic (exact) mass is 229 g/mol. The van der Waals surface area contributed by atoms with Crippen molar-refractivity contribution in [1.82, 2.24) is 5.32 Å². The van der Waals surface area contributed by atoms with E-state index in [-0.39, 0.29) is 12.5 Å². The number of aliphatic hydroxyl groups excluding tert-OH is 2. The number of amides is 1. The van der Waals surface area contributed by atoms with Crippen molar-refractivity contribution in [3.63, 3.8) is 0 Å². The molecule has 1 amide bonds. The molecule has 84 valence electrons. The lowest BCUT2D eigenvalue weighted by atomic mass is 10.1. The predicted octanol–water partition coefficient (Wildman–Crippen LogP) is 0.587. The molecule has 0 radical (unpaired) electrons. The minimum atomic E-state index is -0.970. The van der Waals surface area contributed by atoms with Crippen molar-refractivity contribution in [3.05, 3.63) is 21.9 Å². The maximum atomic E-state index is 10.6. The molecule has 3 N–H and O–H groups in total. The molecule has 15 heavy (non-hydrogen) atoms. The molecule has 0 aliphatic rings. The fourth-order valence-corrected chi connectivity index (χ4v) is 2.01. The van der Waals surface area contributed by atoms with Crippen molar-refractivity contribution >= 4 is 17.2 Å². The Hall–Kier alpha value is -0.910. The van der Waals surface area contributed by atoms with E-state index in [1.165, 1.54) is 18.3 Å². The van der Waals surface area contributed by atoms with E-state index in [0.29, 0.717) is 0 Å². The lowest BCUT2D eigenvalue weighted by Gasteiger charge is -2.17. The van der Waals surface area contributed by atoms with Gasteiger partial charge < -0.3 is 15.5 Å². The third-order valence-electron chi connectivity index (χ3n) is 2.14. The summed E-state index contributed by atoms with van der Waals surface area (Å²) < 4.78 is 0. The highest BCUT2D eigenvalue weighted by Gasteiger charge is 2.20. The first kappa shape index (κ1) is 12.2. The summed E-state index contributed by atoms with van der Waals surface area (Å²) in [5.74, 6) is -0.219. The number of nitrogens with one attached hydrogen (secondary N) is 1. The van der Waals surface area contributed by atoms with Crippen LogP contribution in [0.25, 0.3) is 0 Å². The normalized spacial score (nSPS) is 14.7. The summed E-state index contributed by atoms with van der Waals surface area (Å²) >= 11 is 1.52. The van der Waals surface area contributed by atoms with Gasteiger partial charge in [-0.05, 0) is 23.9 Å². The quantitative estimate of drug-likeness (QED) is 0.707. The van der Waals surface area contributed by atoms with E-state index >= 15 is 0 Å². The Labute approximate surface area is 92.6 Å². The van der Waals surface area contributed by atoms with Crippen LogP contribution >= 0.6 is 11.3 Å². The Kier molecular flexibility index (Phi) is 4.26. The van der Waals surface area contributed by atoms with Gasteiger partial charge in [0.15, 0.2) is 0 Å². The van der Waals surface area contributed by atoms with Gasteiger partial charge in [-0.3, -0.25) is 4.79 Å². The molecule has 1 heterocycles. The minimum absolute atomic E-state index is 0.0613. The van der Waals surface area contributed by atoms with Crippen LogP contribution in [0.3, 0.4) is 0 Å². The number of hydrogen-bond donors (Lipinski definition) is 3. The average Bonchev–Trinajstić information content (AvgIpc) is 2.59. The van der Waals surface area contributed by atoms with Crippen molar-refractivity contribution in [3.8, 4) is 0 Å². The third kappa shape index (κ3) is 3.30. The predicted molar refractivity (Wildman–Crippen MR) is 58.7 cm³/mol. The summed E-state index contributed by atoms with van der Waals surface area (Å²) in [6.07, 6.45) is -1.91. The molecule has 0 aliphatic heterocycles. The van der Waals surface area contributed by atoms with Crippen LogP contribution in [0.2, 0.25) is 0 Å². The van der Waals surface area contributed by atoms with Crippen LogP contribution in [0.4, 0.5) is 0 Å². The topological polar surface area (TPSA) is 69.6 Å². The number of hydrogen-bond acceptors (Lipinski definition) is 4. The molecule has 1 rings (SSSR count). The molecule has 0 fully saturated rings. The first-order chi connectivity index (χ1) is 7.02. The van der Waals surface area contributed by atoms with Gasteiger partial charge in [0.05, 0.1) is 0 Å². The van der Waals surface area contributed by atoms with Crippen molar-refractivity contribution in [2.24, 2.45) is 0 Å². The summed E-state index contributed by atoms with van der Waals surface area (Å²) in [6.45, 7) is 3.31. The van der Waals surface area contributed by atoms with Gasteiger partial charge in [-0.15, -0.1) is 11.3 Å². The molecule has 0 aliphatic carbocycles. The minimum Gasteiger partial charge on any atom is -0.388 e.